The lowest BCUT2D eigenvalue weighted by Gasteiger charge is -2.24. The van der Waals surface area contributed by atoms with Crippen molar-refractivity contribution >= 4 is 11.6 Å². The highest BCUT2D eigenvalue weighted by molar-refractivity contribution is 5.95. The van der Waals surface area contributed by atoms with E-state index in [0.29, 0.717) is 17.2 Å². The first kappa shape index (κ1) is 20.9. The van der Waals surface area contributed by atoms with E-state index in [1.165, 1.54) is 17.7 Å². The first-order chi connectivity index (χ1) is 15.0. The number of fused-ring (bicyclic) bond motifs is 1. The molecule has 3 aromatic carbocycles. The SMILES string of the molecule is CCc1ccc([C@H](N[C@H](C)C(=O)Nc2ccc3c(c2)OCO3)c2cccc(F)c2)cc1. The van der Waals surface area contributed by atoms with Gasteiger partial charge in [0.25, 0.3) is 0 Å². The van der Waals surface area contributed by atoms with Gasteiger partial charge in [-0.1, -0.05) is 43.3 Å². The van der Waals surface area contributed by atoms with Crippen LogP contribution in [0.3, 0.4) is 0 Å². The Balaban J connectivity index is 1.53. The highest BCUT2D eigenvalue weighted by atomic mass is 19.1. The van der Waals surface area contributed by atoms with Crippen LogP contribution in [-0.2, 0) is 11.2 Å². The van der Waals surface area contributed by atoms with Crippen molar-refractivity contribution in [3.63, 3.8) is 0 Å². The fourth-order valence-corrected chi connectivity index (χ4v) is 3.57. The summed E-state index contributed by atoms with van der Waals surface area (Å²) in [6, 6.07) is 19.0. The second-order valence-electron chi connectivity index (χ2n) is 7.53. The van der Waals surface area contributed by atoms with Gasteiger partial charge in [-0.2, -0.15) is 0 Å². The summed E-state index contributed by atoms with van der Waals surface area (Å²) in [5.41, 5.74) is 3.56. The molecule has 3 aromatic rings. The molecular formula is C25H25FN2O3. The Morgan fingerprint density at radius 2 is 1.77 bits per heavy atom. The fraction of sp³-hybridized carbons (Fsp3) is 0.240. The van der Waals surface area contributed by atoms with Crippen molar-refractivity contribution in [3.05, 3.63) is 89.2 Å². The largest absolute Gasteiger partial charge is 0.454 e. The molecule has 0 radical (unpaired) electrons. The lowest BCUT2D eigenvalue weighted by Crippen LogP contribution is -2.40. The van der Waals surface area contributed by atoms with E-state index in [4.69, 9.17) is 9.47 Å². The summed E-state index contributed by atoms with van der Waals surface area (Å²) in [5, 5.41) is 6.25. The molecule has 6 heteroatoms. The van der Waals surface area contributed by atoms with Crippen LogP contribution in [0.15, 0.2) is 66.7 Å². The van der Waals surface area contributed by atoms with Crippen LogP contribution in [0, 0.1) is 5.82 Å². The predicted octanol–water partition coefficient (Wildman–Crippen LogP) is 4.82. The lowest BCUT2D eigenvalue weighted by atomic mass is 9.96. The van der Waals surface area contributed by atoms with Crippen LogP contribution in [0.1, 0.15) is 36.6 Å². The molecule has 0 saturated carbocycles. The Labute approximate surface area is 181 Å². The molecule has 5 nitrogen and oxygen atoms in total. The topological polar surface area (TPSA) is 59.6 Å². The van der Waals surface area contributed by atoms with Crippen LogP contribution in [0.5, 0.6) is 11.5 Å². The number of halogens is 1. The molecule has 1 amide bonds. The number of aryl methyl sites for hydroxylation is 1. The van der Waals surface area contributed by atoms with Crippen LogP contribution in [0.25, 0.3) is 0 Å². The second-order valence-corrected chi connectivity index (χ2v) is 7.53. The monoisotopic (exact) mass is 420 g/mol. The van der Waals surface area contributed by atoms with Crippen molar-refractivity contribution in [1.82, 2.24) is 5.32 Å². The third-order valence-electron chi connectivity index (χ3n) is 5.35. The first-order valence-corrected chi connectivity index (χ1v) is 10.3. The Kier molecular flexibility index (Phi) is 6.18. The number of nitrogens with one attached hydrogen (secondary N) is 2. The second kappa shape index (κ2) is 9.18. The van der Waals surface area contributed by atoms with Crippen molar-refractivity contribution in [2.45, 2.75) is 32.4 Å². The van der Waals surface area contributed by atoms with Crippen LogP contribution < -0.4 is 20.1 Å². The third kappa shape index (κ3) is 4.86. The minimum Gasteiger partial charge on any atom is -0.454 e. The molecule has 31 heavy (non-hydrogen) atoms. The van der Waals surface area contributed by atoms with Gasteiger partial charge in [0, 0.05) is 11.8 Å². The summed E-state index contributed by atoms with van der Waals surface area (Å²) in [5.74, 6) is 0.746. The van der Waals surface area contributed by atoms with Crippen LogP contribution in [0.4, 0.5) is 10.1 Å². The summed E-state index contributed by atoms with van der Waals surface area (Å²) in [6.45, 7) is 4.06. The summed E-state index contributed by atoms with van der Waals surface area (Å²) in [7, 11) is 0. The van der Waals surface area contributed by atoms with Crippen molar-refractivity contribution in [1.29, 1.82) is 0 Å². The van der Waals surface area contributed by atoms with Gasteiger partial charge >= 0.3 is 0 Å². The predicted molar refractivity (Wildman–Crippen MR) is 118 cm³/mol. The molecule has 2 N–H and O–H groups in total. The van der Waals surface area contributed by atoms with E-state index >= 15 is 0 Å². The van der Waals surface area contributed by atoms with Crippen molar-refractivity contribution in [3.8, 4) is 11.5 Å². The van der Waals surface area contributed by atoms with E-state index in [1.54, 1.807) is 31.2 Å². The van der Waals surface area contributed by atoms with Gasteiger partial charge < -0.3 is 14.8 Å². The summed E-state index contributed by atoms with van der Waals surface area (Å²) in [4.78, 5) is 12.9. The molecule has 0 spiro atoms. The number of carbonyl (C=O) groups excluding carboxylic acids is 1. The molecule has 0 saturated heterocycles. The van der Waals surface area contributed by atoms with Gasteiger partial charge in [0.1, 0.15) is 5.82 Å². The maximum atomic E-state index is 13.9. The summed E-state index contributed by atoms with van der Waals surface area (Å²) < 4.78 is 24.6. The molecule has 2 atom stereocenters. The van der Waals surface area contributed by atoms with Crippen LogP contribution in [0.2, 0.25) is 0 Å². The molecule has 0 bridgehead atoms. The smallest absolute Gasteiger partial charge is 0.241 e. The van der Waals surface area contributed by atoms with E-state index in [0.717, 1.165) is 17.5 Å². The zero-order chi connectivity index (χ0) is 21.8. The molecule has 0 aliphatic carbocycles. The normalized spacial score (nSPS) is 14.2. The average Bonchev–Trinajstić information content (AvgIpc) is 3.25. The van der Waals surface area contributed by atoms with Crippen LogP contribution in [-0.4, -0.2) is 18.7 Å². The number of ether oxygens (including phenoxy) is 2. The van der Waals surface area contributed by atoms with E-state index in [1.807, 2.05) is 18.2 Å². The summed E-state index contributed by atoms with van der Waals surface area (Å²) >= 11 is 0. The quantitative estimate of drug-likeness (QED) is 0.575. The maximum Gasteiger partial charge on any atom is 0.241 e. The lowest BCUT2D eigenvalue weighted by molar-refractivity contribution is -0.117. The van der Waals surface area contributed by atoms with E-state index < -0.39 is 6.04 Å². The Morgan fingerprint density at radius 3 is 2.52 bits per heavy atom. The first-order valence-electron chi connectivity index (χ1n) is 10.3. The standard InChI is InChI=1S/C25H25FN2O3/c1-3-17-7-9-18(10-8-17)24(19-5-4-6-20(26)13-19)27-16(2)25(29)28-21-11-12-22-23(14-21)31-15-30-22/h4-14,16,24,27H,3,15H2,1-2H3,(H,28,29)/t16-,24+/m1/s1. The molecule has 1 aliphatic rings. The highest BCUT2D eigenvalue weighted by Gasteiger charge is 2.22. The number of anilines is 1. The number of benzene rings is 3. The van der Waals surface area contributed by atoms with Crippen molar-refractivity contribution in [2.75, 3.05) is 12.1 Å². The van der Waals surface area contributed by atoms with E-state index in [-0.39, 0.29) is 24.6 Å². The molecule has 0 aromatic heterocycles. The fourth-order valence-electron chi connectivity index (χ4n) is 3.57. The van der Waals surface area contributed by atoms with E-state index in [9.17, 15) is 9.18 Å². The van der Waals surface area contributed by atoms with Gasteiger partial charge in [0.05, 0.1) is 12.1 Å². The maximum absolute atomic E-state index is 13.9. The number of rotatable bonds is 7. The van der Waals surface area contributed by atoms with Gasteiger partial charge in [-0.3, -0.25) is 10.1 Å². The number of amides is 1. The van der Waals surface area contributed by atoms with Gasteiger partial charge in [-0.15, -0.1) is 0 Å². The molecule has 1 heterocycles. The van der Waals surface area contributed by atoms with E-state index in [2.05, 4.69) is 29.7 Å². The van der Waals surface area contributed by atoms with Gasteiger partial charge in [-0.05, 0) is 54.3 Å². The molecule has 160 valence electrons. The minimum absolute atomic E-state index is 0.177. The number of carbonyl (C=O) groups is 1. The zero-order valence-corrected chi connectivity index (χ0v) is 17.5. The Bertz CT molecular complexity index is 1070. The summed E-state index contributed by atoms with van der Waals surface area (Å²) in [6.07, 6.45) is 0.937. The van der Waals surface area contributed by atoms with Crippen molar-refractivity contribution in [2.24, 2.45) is 0 Å². The Morgan fingerprint density at radius 1 is 1.00 bits per heavy atom. The average molecular weight is 420 g/mol. The molecule has 0 fully saturated rings. The highest BCUT2D eigenvalue weighted by Crippen LogP contribution is 2.34. The minimum atomic E-state index is -0.537. The van der Waals surface area contributed by atoms with Crippen molar-refractivity contribution < 1.29 is 18.7 Å². The number of hydrogen-bond donors (Lipinski definition) is 2. The molecule has 0 unspecified atom stereocenters. The molecule has 1 aliphatic heterocycles. The van der Waals surface area contributed by atoms with Crippen LogP contribution >= 0.6 is 0 Å². The van der Waals surface area contributed by atoms with Gasteiger partial charge in [0.2, 0.25) is 12.7 Å². The molecule has 4 rings (SSSR count). The third-order valence-corrected chi connectivity index (χ3v) is 5.35. The van der Waals surface area contributed by atoms with Gasteiger partial charge in [0.15, 0.2) is 11.5 Å². The number of hydrogen-bond acceptors (Lipinski definition) is 4. The molecular weight excluding hydrogens is 395 g/mol. The zero-order valence-electron chi connectivity index (χ0n) is 17.5. The Hall–Kier alpha value is -3.38. The van der Waals surface area contributed by atoms with Gasteiger partial charge in [-0.25, -0.2) is 4.39 Å².